The van der Waals surface area contributed by atoms with E-state index in [-0.39, 0.29) is 5.91 Å². The van der Waals surface area contributed by atoms with Gasteiger partial charge in [0.15, 0.2) is 0 Å². The summed E-state index contributed by atoms with van der Waals surface area (Å²) in [5.74, 6) is 1.48. The molecule has 3 rings (SSSR count). The molecule has 0 bridgehead atoms. The molecule has 6 nitrogen and oxygen atoms in total. The third-order valence-electron chi connectivity index (χ3n) is 3.45. The number of nitrogens with one attached hydrogen (secondary N) is 2. The third-order valence-corrected chi connectivity index (χ3v) is 3.45. The summed E-state index contributed by atoms with van der Waals surface area (Å²) in [4.78, 5) is 22.8. The lowest BCUT2D eigenvalue weighted by Gasteiger charge is -2.28. The number of benzene rings is 1. The number of para-hydroxylation sites is 1. The van der Waals surface area contributed by atoms with Crippen molar-refractivity contribution in [1.82, 2.24) is 15.3 Å². The summed E-state index contributed by atoms with van der Waals surface area (Å²) in [6.45, 7) is 4.69. The minimum atomic E-state index is 0.0343. The van der Waals surface area contributed by atoms with Crippen LogP contribution in [0.4, 0.5) is 11.8 Å². The van der Waals surface area contributed by atoms with Crippen LogP contribution >= 0.6 is 0 Å². The van der Waals surface area contributed by atoms with E-state index < -0.39 is 0 Å². The molecule has 0 spiro atoms. The Hall–Kier alpha value is -2.37. The second kappa shape index (κ2) is 5.95. The largest absolute Gasteiger partial charge is 0.354 e. The van der Waals surface area contributed by atoms with Gasteiger partial charge in [0.2, 0.25) is 11.9 Å². The lowest BCUT2D eigenvalue weighted by atomic mass is 10.2. The van der Waals surface area contributed by atoms with E-state index in [1.165, 1.54) is 0 Å². The number of rotatable bonds is 4. The quantitative estimate of drug-likeness (QED) is 0.888. The van der Waals surface area contributed by atoms with Gasteiger partial charge in [-0.3, -0.25) is 4.79 Å². The summed E-state index contributed by atoms with van der Waals surface area (Å²) in [6, 6.07) is 7.91. The first-order valence-electron chi connectivity index (χ1n) is 7.30. The summed E-state index contributed by atoms with van der Waals surface area (Å²) in [5, 5.41) is 7.05. The van der Waals surface area contributed by atoms with Crippen LogP contribution in [0, 0.1) is 0 Å². The van der Waals surface area contributed by atoms with Crippen LogP contribution in [0.2, 0.25) is 0 Å². The number of carbonyl (C=O) groups is 1. The van der Waals surface area contributed by atoms with Crippen molar-refractivity contribution in [2.45, 2.75) is 13.3 Å². The predicted molar refractivity (Wildman–Crippen MR) is 83.5 cm³/mol. The number of hydrogen-bond acceptors (Lipinski definition) is 5. The number of piperazine rings is 1. The zero-order valence-electron chi connectivity index (χ0n) is 12.1. The van der Waals surface area contributed by atoms with Crippen LogP contribution in [-0.4, -0.2) is 42.1 Å². The fourth-order valence-electron chi connectivity index (χ4n) is 2.44. The average molecular weight is 285 g/mol. The van der Waals surface area contributed by atoms with Crippen molar-refractivity contribution in [3.05, 3.63) is 24.3 Å². The minimum Gasteiger partial charge on any atom is -0.354 e. The molecular formula is C15H19N5O. The van der Waals surface area contributed by atoms with Crippen LogP contribution < -0.4 is 15.5 Å². The Bertz CT molecular complexity index is 658. The number of hydrogen-bond donors (Lipinski definition) is 2. The van der Waals surface area contributed by atoms with Gasteiger partial charge in [-0.05, 0) is 18.6 Å². The van der Waals surface area contributed by atoms with Crippen molar-refractivity contribution in [1.29, 1.82) is 0 Å². The molecule has 1 aromatic carbocycles. The van der Waals surface area contributed by atoms with Crippen molar-refractivity contribution >= 4 is 28.6 Å². The predicted octanol–water partition coefficient (Wildman–Crippen LogP) is 1.39. The molecular weight excluding hydrogens is 266 g/mol. The smallest absolute Gasteiger partial charge is 0.239 e. The summed E-state index contributed by atoms with van der Waals surface area (Å²) in [5.41, 5.74) is 0.895. The maximum atomic E-state index is 11.6. The lowest BCUT2D eigenvalue weighted by molar-refractivity contribution is -0.120. The van der Waals surface area contributed by atoms with E-state index in [1.54, 1.807) is 0 Å². The first-order valence-corrected chi connectivity index (χ1v) is 7.30. The maximum Gasteiger partial charge on any atom is 0.239 e. The molecule has 2 heterocycles. The highest BCUT2D eigenvalue weighted by Gasteiger charge is 2.20. The summed E-state index contributed by atoms with van der Waals surface area (Å²) >= 11 is 0. The molecule has 2 N–H and O–H groups in total. The van der Waals surface area contributed by atoms with Gasteiger partial charge in [0.1, 0.15) is 5.82 Å². The Morgan fingerprint density at radius 1 is 1.33 bits per heavy atom. The Kier molecular flexibility index (Phi) is 3.85. The van der Waals surface area contributed by atoms with Crippen molar-refractivity contribution in [2.24, 2.45) is 0 Å². The summed E-state index contributed by atoms with van der Waals surface area (Å²) in [7, 11) is 0. The molecule has 1 aliphatic heterocycles. The average Bonchev–Trinajstić information content (AvgIpc) is 2.52. The van der Waals surface area contributed by atoms with E-state index in [1.807, 2.05) is 29.2 Å². The first-order chi connectivity index (χ1) is 10.3. The molecule has 110 valence electrons. The topological polar surface area (TPSA) is 70.2 Å². The van der Waals surface area contributed by atoms with Crippen LogP contribution in [0.3, 0.4) is 0 Å². The Labute approximate surface area is 123 Å². The molecule has 0 aliphatic carbocycles. The van der Waals surface area contributed by atoms with E-state index in [9.17, 15) is 4.79 Å². The van der Waals surface area contributed by atoms with E-state index >= 15 is 0 Å². The fourth-order valence-corrected chi connectivity index (χ4v) is 2.44. The molecule has 21 heavy (non-hydrogen) atoms. The summed E-state index contributed by atoms with van der Waals surface area (Å²) < 4.78 is 0. The highest BCUT2D eigenvalue weighted by Crippen LogP contribution is 2.25. The molecule has 0 saturated carbocycles. The molecule has 1 fully saturated rings. The van der Waals surface area contributed by atoms with Gasteiger partial charge in [0.25, 0.3) is 0 Å². The fraction of sp³-hybridized carbons (Fsp3) is 0.400. The standard InChI is InChI=1S/C15H19N5O/c1-2-7-17-15-18-12-6-4-3-5-11(12)14(19-15)20-9-8-16-13(21)10-20/h3-6H,2,7-10H2,1H3,(H,16,21)(H,17,18,19). The highest BCUT2D eigenvalue weighted by molar-refractivity contribution is 5.93. The first kappa shape index (κ1) is 13.6. The SMILES string of the molecule is CCCNc1nc(N2CCNC(=O)C2)c2ccccc2n1. The number of amides is 1. The molecule has 0 unspecified atom stereocenters. The van der Waals surface area contributed by atoms with Gasteiger partial charge in [-0.25, -0.2) is 4.98 Å². The number of nitrogens with zero attached hydrogens (tertiary/aromatic N) is 3. The molecule has 0 atom stereocenters. The number of fused-ring (bicyclic) bond motifs is 1. The van der Waals surface area contributed by atoms with Crippen LogP contribution in [0.25, 0.3) is 10.9 Å². The van der Waals surface area contributed by atoms with E-state index in [0.29, 0.717) is 19.0 Å². The molecule has 1 aliphatic rings. The number of aromatic nitrogens is 2. The zero-order valence-corrected chi connectivity index (χ0v) is 12.1. The summed E-state index contributed by atoms with van der Waals surface area (Å²) in [6.07, 6.45) is 1.01. The Balaban J connectivity index is 2.03. The van der Waals surface area contributed by atoms with E-state index in [4.69, 9.17) is 0 Å². The third kappa shape index (κ3) is 2.89. The molecule has 6 heteroatoms. The normalized spacial score (nSPS) is 15.1. The van der Waals surface area contributed by atoms with Crippen molar-refractivity contribution < 1.29 is 4.79 Å². The molecule has 2 aromatic rings. The van der Waals surface area contributed by atoms with Crippen molar-refractivity contribution in [3.63, 3.8) is 0 Å². The van der Waals surface area contributed by atoms with Crippen LogP contribution in [0.15, 0.2) is 24.3 Å². The second-order valence-electron chi connectivity index (χ2n) is 5.09. The second-order valence-corrected chi connectivity index (χ2v) is 5.09. The van der Waals surface area contributed by atoms with Gasteiger partial charge in [-0.2, -0.15) is 4.98 Å². The Morgan fingerprint density at radius 3 is 3.00 bits per heavy atom. The van der Waals surface area contributed by atoms with Crippen molar-refractivity contribution in [3.8, 4) is 0 Å². The van der Waals surface area contributed by atoms with E-state index in [2.05, 4.69) is 27.5 Å². The van der Waals surface area contributed by atoms with Gasteiger partial charge in [-0.15, -0.1) is 0 Å². The van der Waals surface area contributed by atoms with Gasteiger partial charge in [-0.1, -0.05) is 19.1 Å². The molecule has 1 saturated heterocycles. The van der Waals surface area contributed by atoms with Gasteiger partial charge < -0.3 is 15.5 Å². The molecule has 0 radical (unpaired) electrons. The lowest BCUT2D eigenvalue weighted by Crippen LogP contribution is -2.48. The monoisotopic (exact) mass is 285 g/mol. The van der Waals surface area contributed by atoms with Gasteiger partial charge in [0.05, 0.1) is 12.1 Å². The van der Waals surface area contributed by atoms with E-state index in [0.717, 1.165) is 36.2 Å². The minimum absolute atomic E-state index is 0.0343. The Morgan fingerprint density at radius 2 is 2.19 bits per heavy atom. The van der Waals surface area contributed by atoms with Crippen LogP contribution in [0.1, 0.15) is 13.3 Å². The highest BCUT2D eigenvalue weighted by atomic mass is 16.2. The number of carbonyl (C=O) groups excluding carboxylic acids is 1. The zero-order chi connectivity index (χ0) is 14.7. The van der Waals surface area contributed by atoms with Crippen LogP contribution in [0.5, 0.6) is 0 Å². The molecule has 1 aromatic heterocycles. The van der Waals surface area contributed by atoms with Crippen LogP contribution in [-0.2, 0) is 4.79 Å². The maximum absolute atomic E-state index is 11.6. The van der Waals surface area contributed by atoms with Crippen molar-refractivity contribution in [2.75, 3.05) is 36.4 Å². The molecule has 1 amide bonds. The van der Waals surface area contributed by atoms with Gasteiger partial charge in [0, 0.05) is 25.0 Å². The van der Waals surface area contributed by atoms with Gasteiger partial charge >= 0.3 is 0 Å². The number of anilines is 2.